The zero-order valence-electron chi connectivity index (χ0n) is 12.5. The Hall–Kier alpha value is -2.07. The molecule has 1 fully saturated rings. The van der Waals surface area contributed by atoms with Crippen molar-refractivity contribution in [3.63, 3.8) is 0 Å². The predicted octanol–water partition coefficient (Wildman–Crippen LogP) is 2.47. The molecule has 1 aliphatic rings. The Labute approximate surface area is 125 Å². The van der Waals surface area contributed by atoms with E-state index in [4.69, 9.17) is 0 Å². The molecular weight excluding hydrogens is 262 g/mol. The molecule has 1 aliphatic heterocycles. The monoisotopic (exact) mass is 283 g/mol. The minimum atomic E-state index is 0.121. The van der Waals surface area contributed by atoms with Gasteiger partial charge in [0.25, 0.3) is 0 Å². The number of carbonyl (C=O) groups is 1. The second kappa shape index (κ2) is 5.74. The number of urea groups is 1. The number of benzene rings is 2. The van der Waals surface area contributed by atoms with Crippen molar-refractivity contribution >= 4 is 16.8 Å². The lowest BCUT2D eigenvalue weighted by Crippen LogP contribution is -2.36. The van der Waals surface area contributed by atoms with E-state index in [0.717, 1.165) is 13.1 Å². The van der Waals surface area contributed by atoms with Crippen molar-refractivity contribution < 1.29 is 4.79 Å². The van der Waals surface area contributed by atoms with Crippen LogP contribution < -0.4 is 5.32 Å². The summed E-state index contributed by atoms with van der Waals surface area (Å²) in [6, 6.07) is 15.1. The maximum Gasteiger partial charge on any atom is 0.319 e. The molecule has 2 amide bonds. The van der Waals surface area contributed by atoms with Gasteiger partial charge < -0.3 is 15.1 Å². The van der Waals surface area contributed by atoms with Gasteiger partial charge in [-0.25, -0.2) is 4.79 Å². The van der Waals surface area contributed by atoms with E-state index in [0.29, 0.717) is 6.54 Å². The second-order valence-corrected chi connectivity index (χ2v) is 5.60. The van der Waals surface area contributed by atoms with Gasteiger partial charge in [0, 0.05) is 32.7 Å². The van der Waals surface area contributed by atoms with E-state index in [2.05, 4.69) is 47.8 Å². The lowest BCUT2D eigenvalue weighted by atomic mass is 10.0. The Bertz CT molecular complexity index is 655. The van der Waals surface area contributed by atoms with Crippen molar-refractivity contribution in [2.45, 2.75) is 6.04 Å². The summed E-state index contributed by atoms with van der Waals surface area (Å²) in [4.78, 5) is 15.7. The number of hydrogen-bond acceptors (Lipinski definition) is 2. The van der Waals surface area contributed by atoms with E-state index < -0.39 is 0 Å². The number of amides is 2. The molecule has 0 aromatic heterocycles. The Morgan fingerprint density at radius 1 is 1.14 bits per heavy atom. The van der Waals surface area contributed by atoms with Gasteiger partial charge >= 0.3 is 6.03 Å². The molecule has 1 N–H and O–H groups in total. The first-order valence-corrected chi connectivity index (χ1v) is 7.35. The number of rotatable bonds is 4. The van der Waals surface area contributed by atoms with E-state index in [-0.39, 0.29) is 12.1 Å². The number of fused-ring (bicyclic) bond motifs is 1. The zero-order chi connectivity index (χ0) is 14.8. The van der Waals surface area contributed by atoms with Crippen LogP contribution in [0.1, 0.15) is 11.6 Å². The van der Waals surface area contributed by atoms with Crippen LogP contribution in [-0.2, 0) is 0 Å². The molecule has 2 aromatic rings. The fourth-order valence-corrected chi connectivity index (χ4v) is 2.88. The smallest absolute Gasteiger partial charge is 0.319 e. The first kappa shape index (κ1) is 13.9. The number of nitrogens with zero attached hydrogens (tertiary/aromatic N) is 2. The molecule has 3 rings (SSSR count). The Kier molecular flexibility index (Phi) is 3.80. The van der Waals surface area contributed by atoms with Gasteiger partial charge in [-0.05, 0) is 29.4 Å². The summed E-state index contributed by atoms with van der Waals surface area (Å²) < 4.78 is 0. The van der Waals surface area contributed by atoms with Crippen molar-refractivity contribution in [2.24, 2.45) is 0 Å². The molecule has 0 bridgehead atoms. The average molecular weight is 283 g/mol. The summed E-state index contributed by atoms with van der Waals surface area (Å²) in [6.45, 7) is 2.33. The van der Waals surface area contributed by atoms with Crippen LogP contribution in [-0.4, -0.2) is 49.6 Å². The Morgan fingerprint density at radius 3 is 2.57 bits per heavy atom. The zero-order valence-corrected chi connectivity index (χ0v) is 12.5. The summed E-state index contributed by atoms with van der Waals surface area (Å²) in [6.07, 6.45) is 0. The lowest BCUT2D eigenvalue weighted by molar-refractivity contribution is 0.194. The molecule has 1 unspecified atom stereocenters. The summed E-state index contributed by atoms with van der Waals surface area (Å²) in [5, 5.41) is 5.81. The molecule has 1 atom stereocenters. The van der Waals surface area contributed by atoms with Crippen molar-refractivity contribution in [1.29, 1.82) is 0 Å². The van der Waals surface area contributed by atoms with Crippen molar-refractivity contribution in [3.8, 4) is 0 Å². The minimum Gasteiger partial charge on any atom is -0.326 e. The van der Waals surface area contributed by atoms with Gasteiger partial charge in [-0.1, -0.05) is 36.4 Å². The quantitative estimate of drug-likeness (QED) is 0.935. The second-order valence-electron chi connectivity index (χ2n) is 5.60. The van der Waals surface area contributed by atoms with Crippen LogP contribution >= 0.6 is 0 Å². The summed E-state index contributed by atoms with van der Waals surface area (Å²) >= 11 is 0. The third kappa shape index (κ3) is 2.72. The van der Waals surface area contributed by atoms with Crippen LogP contribution in [0.15, 0.2) is 42.5 Å². The fraction of sp³-hybridized carbons (Fsp3) is 0.353. The van der Waals surface area contributed by atoms with E-state index in [9.17, 15) is 4.79 Å². The van der Waals surface area contributed by atoms with Crippen LogP contribution in [0.4, 0.5) is 4.79 Å². The highest BCUT2D eigenvalue weighted by Crippen LogP contribution is 2.22. The van der Waals surface area contributed by atoms with E-state index in [1.54, 1.807) is 4.90 Å². The molecule has 0 spiro atoms. The van der Waals surface area contributed by atoms with Crippen molar-refractivity contribution in [3.05, 3.63) is 48.0 Å². The molecule has 4 nitrogen and oxygen atoms in total. The maximum absolute atomic E-state index is 12.0. The molecule has 0 radical (unpaired) electrons. The maximum atomic E-state index is 12.0. The largest absolute Gasteiger partial charge is 0.326 e. The van der Waals surface area contributed by atoms with Crippen LogP contribution in [0.2, 0.25) is 0 Å². The number of likely N-dealkylation sites (N-methyl/N-ethyl adjacent to an activating group) is 2. The highest BCUT2D eigenvalue weighted by Gasteiger charge is 2.27. The molecule has 4 heteroatoms. The molecule has 0 aliphatic carbocycles. The van der Waals surface area contributed by atoms with Crippen molar-refractivity contribution in [1.82, 2.24) is 15.1 Å². The summed E-state index contributed by atoms with van der Waals surface area (Å²) in [5.41, 5.74) is 1.22. The van der Waals surface area contributed by atoms with E-state index in [1.165, 1.54) is 16.3 Å². The van der Waals surface area contributed by atoms with Crippen LogP contribution in [0.5, 0.6) is 0 Å². The van der Waals surface area contributed by atoms with Gasteiger partial charge in [0.05, 0.1) is 0 Å². The highest BCUT2D eigenvalue weighted by atomic mass is 16.2. The van der Waals surface area contributed by atoms with Gasteiger partial charge in [-0.15, -0.1) is 0 Å². The standard InChI is InChI=1S/C17H21N3O/c1-18-16(12-20-10-9-19(2)17(20)21)15-8-7-13-5-3-4-6-14(13)11-15/h3-8,11,16,18H,9-10,12H2,1-2H3. The molecular formula is C17H21N3O. The number of nitrogens with one attached hydrogen (secondary N) is 1. The van der Waals surface area contributed by atoms with Crippen molar-refractivity contribution in [2.75, 3.05) is 33.7 Å². The highest BCUT2D eigenvalue weighted by molar-refractivity contribution is 5.83. The number of carbonyl (C=O) groups excluding carboxylic acids is 1. The summed E-state index contributed by atoms with van der Waals surface area (Å²) in [7, 11) is 3.80. The normalized spacial score (nSPS) is 16.8. The number of hydrogen-bond donors (Lipinski definition) is 1. The van der Waals surface area contributed by atoms with Gasteiger partial charge in [0.1, 0.15) is 0 Å². The van der Waals surface area contributed by atoms with Gasteiger partial charge in [0.15, 0.2) is 0 Å². The Morgan fingerprint density at radius 2 is 1.90 bits per heavy atom. The van der Waals surface area contributed by atoms with Crippen LogP contribution in [0, 0.1) is 0 Å². The van der Waals surface area contributed by atoms with Gasteiger partial charge in [-0.2, -0.15) is 0 Å². The molecule has 0 saturated carbocycles. The molecule has 21 heavy (non-hydrogen) atoms. The van der Waals surface area contributed by atoms with E-state index >= 15 is 0 Å². The molecule has 2 aromatic carbocycles. The molecule has 1 saturated heterocycles. The first-order valence-electron chi connectivity index (χ1n) is 7.35. The van der Waals surface area contributed by atoms with Crippen LogP contribution in [0.25, 0.3) is 10.8 Å². The topological polar surface area (TPSA) is 35.6 Å². The summed E-state index contributed by atoms with van der Waals surface area (Å²) in [5.74, 6) is 0. The average Bonchev–Trinajstić information content (AvgIpc) is 2.84. The SMILES string of the molecule is CNC(CN1CCN(C)C1=O)c1ccc2ccccc2c1. The van der Waals surface area contributed by atoms with Crippen LogP contribution in [0.3, 0.4) is 0 Å². The Balaban J connectivity index is 1.83. The minimum absolute atomic E-state index is 0.121. The lowest BCUT2D eigenvalue weighted by Gasteiger charge is -2.24. The predicted molar refractivity (Wildman–Crippen MR) is 85.3 cm³/mol. The molecule has 110 valence electrons. The third-order valence-electron chi connectivity index (χ3n) is 4.23. The van der Waals surface area contributed by atoms with Gasteiger partial charge in [-0.3, -0.25) is 0 Å². The first-order chi connectivity index (χ1) is 10.2. The van der Waals surface area contributed by atoms with E-state index in [1.807, 2.05) is 19.0 Å². The molecule has 1 heterocycles. The third-order valence-corrected chi connectivity index (χ3v) is 4.23. The van der Waals surface area contributed by atoms with Gasteiger partial charge in [0.2, 0.25) is 0 Å². The fourth-order valence-electron chi connectivity index (χ4n) is 2.88.